The Kier molecular flexibility index (Phi) is 6.26. The highest BCUT2D eigenvalue weighted by atomic mass is 32.1. The number of nitrogens with zero attached hydrogens (tertiary/aromatic N) is 3. The molecule has 0 unspecified atom stereocenters. The molecule has 0 saturated heterocycles. The summed E-state index contributed by atoms with van der Waals surface area (Å²) < 4.78 is 11.5. The van der Waals surface area contributed by atoms with Gasteiger partial charge in [-0.2, -0.15) is 0 Å². The zero-order valence-electron chi connectivity index (χ0n) is 27.0. The topological polar surface area (TPSA) is 51.8 Å². The van der Waals surface area contributed by atoms with Gasteiger partial charge >= 0.3 is 0 Å². The minimum absolute atomic E-state index is 0.622. The van der Waals surface area contributed by atoms with Crippen molar-refractivity contribution >= 4 is 85.0 Å². The maximum Gasteiger partial charge on any atom is 0.164 e. The van der Waals surface area contributed by atoms with Gasteiger partial charge in [0.15, 0.2) is 17.5 Å². The van der Waals surface area contributed by atoms with Crippen molar-refractivity contribution in [3.05, 3.63) is 152 Å². The number of benzene rings is 7. The first-order valence-corrected chi connectivity index (χ1v) is 18.5. The van der Waals surface area contributed by atoms with Gasteiger partial charge in [0.25, 0.3) is 0 Å². The molecule has 6 heteroatoms. The van der Waals surface area contributed by atoms with Crippen LogP contribution in [0.4, 0.5) is 0 Å². The molecule has 11 aromatic rings. The third-order valence-electron chi connectivity index (χ3n) is 9.75. The summed E-state index contributed by atoms with van der Waals surface area (Å²) in [5, 5.41) is 7.15. The lowest BCUT2D eigenvalue weighted by molar-refractivity contribution is 0.669. The van der Waals surface area contributed by atoms with Crippen molar-refractivity contribution in [3.63, 3.8) is 0 Å². The molecule has 4 nitrogen and oxygen atoms in total. The van der Waals surface area contributed by atoms with E-state index in [2.05, 4.69) is 109 Å². The van der Waals surface area contributed by atoms with E-state index in [1.807, 2.05) is 65.1 Å². The molecule has 11 rings (SSSR count). The number of hydrogen-bond acceptors (Lipinski definition) is 6. The highest BCUT2D eigenvalue weighted by Crippen LogP contribution is 2.42. The summed E-state index contributed by atoms with van der Waals surface area (Å²) in [4.78, 5) is 15.2. The van der Waals surface area contributed by atoms with E-state index in [0.29, 0.717) is 17.5 Å². The van der Waals surface area contributed by atoms with E-state index in [1.165, 1.54) is 45.9 Å². The molecule has 238 valence electrons. The summed E-state index contributed by atoms with van der Waals surface area (Å²) in [6.45, 7) is 0. The molecular formula is C45H25N3OS2. The van der Waals surface area contributed by atoms with E-state index >= 15 is 0 Å². The van der Waals surface area contributed by atoms with Crippen LogP contribution in [-0.2, 0) is 0 Å². The second kappa shape index (κ2) is 11.2. The first kappa shape index (κ1) is 28.6. The fourth-order valence-corrected chi connectivity index (χ4v) is 9.60. The summed E-state index contributed by atoms with van der Waals surface area (Å²) in [5.74, 6) is 1.91. The van der Waals surface area contributed by atoms with Gasteiger partial charge in [0.05, 0.1) is 0 Å². The van der Waals surface area contributed by atoms with E-state index in [9.17, 15) is 0 Å². The Hall–Kier alpha value is -6.21. The zero-order valence-corrected chi connectivity index (χ0v) is 28.6. The standard InChI is InChI=1S/C45H25N3OS2/c1-2-9-26(10-3-1)43-46-44(48-45(47-43)29-19-22-41-36(25-29)32-12-5-6-15-39(32)50-41)28-18-21-38-35(24-28)34-23-27(17-20-37(34)49-38)30-13-8-14-33-31-11-4-7-16-40(31)51-42(30)33/h1-25H. The third kappa shape index (κ3) is 4.61. The lowest BCUT2D eigenvalue weighted by Gasteiger charge is -2.09. The van der Waals surface area contributed by atoms with Gasteiger partial charge in [0, 0.05) is 67.8 Å². The van der Waals surface area contributed by atoms with E-state index in [1.54, 1.807) is 0 Å². The Morgan fingerprint density at radius 3 is 1.63 bits per heavy atom. The van der Waals surface area contributed by atoms with Gasteiger partial charge < -0.3 is 4.42 Å². The molecule has 51 heavy (non-hydrogen) atoms. The average Bonchev–Trinajstić information content (AvgIpc) is 3.88. The fraction of sp³-hybridized carbons (Fsp3) is 0. The molecule has 0 saturated carbocycles. The van der Waals surface area contributed by atoms with Crippen molar-refractivity contribution in [1.29, 1.82) is 0 Å². The molecule has 0 aliphatic carbocycles. The van der Waals surface area contributed by atoms with Gasteiger partial charge in [0.2, 0.25) is 0 Å². The summed E-state index contributed by atoms with van der Waals surface area (Å²) in [6.07, 6.45) is 0. The fourth-order valence-electron chi connectivity index (χ4n) is 7.27. The molecule has 0 aliphatic heterocycles. The molecule has 4 heterocycles. The molecule has 7 aromatic carbocycles. The van der Waals surface area contributed by atoms with Crippen LogP contribution in [-0.4, -0.2) is 15.0 Å². The monoisotopic (exact) mass is 687 g/mol. The van der Waals surface area contributed by atoms with Crippen molar-refractivity contribution in [2.45, 2.75) is 0 Å². The number of furan rings is 1. The Balaban J connectivity index is 1.08. The second-order valence-corrected chi connectivity index (χ2v) is 14.9. The molecule has 4 aromatic heterocycles. The molecule has 0 amide bonds. The van der Waals surface area contributed by atoms with E-state index < -0.39 is 0 Å². The number of aromatic nitrogens is 3. The highest BCUT2D eigenvalue weighted by molar-refractivity contribution is 7.26. The van der Waals surface area contributed by atoms with Gasteiger partial charge in [-0.05, 0) is 71.8 Å². The maximum absolute atomic E-state index is 6.37. The quantitative estimate of drug-likeness (QED) is 0.185. The summed E-state index contributed by atoms with van der Waals surface area (Å²) in [5.41, 5.74) is 6.89. The van der Waals surface area contributed by atoms with E-state index in [-0.39, 0.29) is 0 Å². The lowest BCUT2D eigenvalue weighted by atomic mass is 10.00. The van der Waals surface area contributed by atoms with Gasteiger partial charge in [-0.3, -0.25) is 0 Å². The third-order valence-corrected chi connectivity index (χ3v) is 12.1. The predicted octanol–water partition coefficient (Wildman–Crippen LogP) is 13.2. The van der Waals surface area contributed by atoms with Gasteiger partial charge in [-0.15, -0.1) is 22.7 Å². The Morgan fingerprint density at radius 2 is 0.882 bits per heavy atom. The van der Waals surface area contributed by atoms with Crippen LogP contribution < -0.4 is 0 Å². The van der Waals surface area contributed by atoms with Crippen LogP contribution in [0.25, 0.3) is 108 Å². The normalized spacial score (nSPS) is 11.9. The van der Waals surface area contributed by atoms with Crippen molar-refractivity contribution in [1.82, 2.24) is 15.0 Å². The van der Waals surface area contributed by atoms with E-state index in [4.69, 9.17) is 19.4 Å². The van der Waals surface area contributed by atoms with Gasteiger partial charge in [0.1, 0.15) is 11.2 Å². The summed E-state index contributed by atoms with van der Waals surface area (Å²) in [7, 11) is 0. The summed E-state index contributed by atoms with van der Waals surface area (Å²) in [6, 6.07) is 53.2. The largest absolute Gasteiger partial charge is 0.456 e. The van der Waals surface area contributed by atoms with Crippen LogP contribution in [0.5, 0.6) is 0 Å². The number of rotatable bonds is 4. The predicted molar refractivity (Wildman–Crippen MR) is 215 cm³/mol. The number of thiophene rings is 2. The van der Waals surface area contributed by atoms with Crippen LogP contribution in [0.2, 0.25) is 0 Å². The van der Waals surface area contributed by atoms with Crippen molar-refractivity contribution < 1.29 is 4.42 Å². The van der Waals surface area contributed by atoms with Gasteiger partial charge in [-0.25, -0.2) is 15.0 Å². The lowest BCUT2D eigenvalue weighted by Crippen LogP contribution is -2.00. The minimum Gasteiger partial charge on any atom is -0.456 e. The molecule has 0 spiro atoms. The number of hydrogen-bond donors (Lipinski definition) is 0. The van der Waals surface area contributed by atoms with Crippen molar-refractivity contribution in [2.75, 3.05) is 0 Å². The average molecular weight is 688 g/mol. The molecule has 0 atom stereocenters. The first-order chi connectivity index (χ1) is 25.2. The van der Waals surface area contributed by atoms with Crippen LogP contribution in [0.15, 0.2) is 156 Å². The maximum atomic E-state index is 6.37. The summed E-state index contributed by atoms with van der Waals surface area (Å²) >= 11 is 3.66. The van der Waals surface area contributed by atoms with Crippen molar-refractivity contribution in [3.8, 4) is 45.3 Å². The first-order valence-electron chi connectivity index (χ1n) is 16.8. The van der Waals surface area contributed by atoms with E-state index in [0.717, 1.165) is 44.2 Å². The van der Waals surface area contributed by atoms with Crippen LogP contribution in [0, 0.1) is 0 Å². The zero-order chi connectivity index (χ0) is 33.5. The Labute approximate surface area is 299 Å². The molecular weight excluding hydrogens is 663 g/mol. The molecule has 0 fully saturated rings. The second-order valence-electron chi connectivity index (χ2n) is 12.8. The highest BCUT2D eigenvalue weighted by Gasteiger charge is 2.17. The Bertz CT molecular complexity index is 3160. The molecule has 0 radical (unpaired) electrons. The van der Waals surface area contributed by atoms with Crippen molar-refractivity contribution in [2.24, 2.45) is 0 Å². The SMILES string of the molecule is c1ccc(-c2nc(-c3ccc4oc5ccc(-c6cccc7c6sc6ccccc67)cc5c4c3)nc(-c3ccc4sc5ccccc5c4c3)n2)cc1. The number of fused-ring (bicyclic) bond motifs is 9. The van der Waals surface area contributed by atoms with Crippen LogP contribution >= 0.6 is 22.7 Å². The molecule has 0 bridgehead atoms. The Morgan fingerprint density at radius 1 is 0.353 bits per heavy atom. The minimum atomic E-state index is 0.622. The molecule has 0 aliphatic rings. The smallest absolute Gasteiger partial charge is 0.164 e. The molecule has 0 N–H and O–H groups in total. The van der Waals surface area contributed by atoms with Crippen LogP contribution in [0.1, 0.15) is 0 Å². The van der Waals surface area contributed by atoms with Crippen LogP contribution in [0.3, 0.4) is 0 Å². The van der Waals surface area contributed by atoms with Gasteiger partial charge in [-0.1, -0.05) is 91.0 Å².